The van der Waals surface area contributed by atoms with Gasteiger partial charge in [-0.05, 0) is 42.2 Å². The number of aryl methyl sites for hydroxylation is 1. The van der Waals surface area contributed by atoms with Crippen molar-refractivity contribution in [1.82, 2.24) is 19.2 Å². The lowest BCUT2D eigenvalue weighted by atomic mass is 10.1. The Morgan fingerprint density at radius 2 is 1.90 bits per heavy atom. The van der Waals surface area contributed by atoms with Gasteiger partial charge in [0.15, 0.2) is 5.16 Å². The summed E-state index contributed by atoms with van der Waals surface area (Å²) >= 11 is 1.42. The Bertz CT molecular complexity index is 1270. The molecule has 2 aromatic carbocycles. The molecule has 0 saturated heterocycles. The number of para-hydroxylation sites is 1. The van der Waals surface area contributed by atoms with Crippen LogP contribution in [0.2, 0.25) is 0 Å². The van der Waals surface area contributed by atoms with Crippen LogP contribution in [0.15, 0.2) is 58.5 Å². The fourth-order valence-electron chi connectivity index (χ4n) is 3.38. The van der Waals surface area contributed by atoms with Crippen molar-refractivity contribution in [3.05, 3.63) is 64.4 Å². The first-order valence-corrected chi connectivity index (χ1v) is 11.0. The summed E-state index contributed by atoms with van der Waals surface area (Å²) in [7, 11) is 0. The molecule has 0 radical (unpaired) electrons. The van der Waals surface area contributed by atoms with E-state index in [2.05, 4.69) is 28.8 Å². The summed E-state index contributed by atoms with van der Waals surface area (Å²) < 4.78 is 33.0. The molecule has 0 saturated carbocycles. The van der Waals surface area contributed by atoms with Gasteiger partial charge in [-0.15, -0.1) is 10.2 Å². The Morgan fingerprint density at radius 1 is 1.10 bits per heavy atom. The third-order valence-electron chi connectivity index (χ3n) is 4.90. The number of hydrogen-bond donors (Lipinski definition) is 0. The minimum absolute atomic E-state index is 0.0791. The number of ether oxygens (including phenoxy) is 1. The van der Waals surface area contributed by atoms with Crippen LogP contribution in [-0.2, 0) is 12.3 Å². The zero-order valence-electron chi connectivity index (χ0n) is 17.2. The molecule has 0 atom stereocenters. The van der Waals surface area contributed by atoms with Gasteiger partial charge in [0.2, 0.25) is 5.78 Å². The second-order valence-electron chi connectivity index (χ2n) is 7.59. The zero-order chi connectivity index (χ0) is 22.0. The highest BCUT2D eigenvalue weighted by Gasteiger charge is 2.17. The van der Waals surface area contributed by atoms with Gasteiger partial charge >= 0.3 is 6.61 Å². The minimum Gasteiger partial charge on any atom is -0.435 e. The SMILES string of the molecule is CC(C)CCn1c(=O)c2ccccc2n2c(SCc3cccc(OC(F)F)c3)nnc12. The molecule has 0 unspecified atom stereocenters. The van der Waals surface area contributed by atoms with E-state index in [1.54, 1.807) is 16.7 Å². The number of benzene rings is 2. The molecule has 31 heavy (non-hydrogen) atoms. The van der Waals surface area contributed by atoms with Gasteiger partial charge in [-0.2, -0.15) is 8.78 Å². The van der Waals surface area contributed by atoms with Gasteiger partial charge in [-0.25, -0.2) is 0 Å². The highest BCUT2D eigenvalue weighted by Crippen LogP contribution is 2.26. The maximum atomic E-state index is 13.1. The predicted molar refractivity (Wildman–Crippen MR) is 117 cm³/mol. The molecule has 0 bridgehead atoms. The lowest BCUT2D eigenvalue weighted by Crippen LogP contribution is -2.24. The van der Waals surface area contributed by atoms with E-state index in [-0.39, 0.29) is 11.3 Å². The number of rotatable bonds is 8. The largest absolute Gasteiger partial charge is 0.435 e. The number of hydrogen-bond acceptors (Lipinski definition) is 5. The van der Waals surface area contributed by atoms with Crippen LogP contribution in [0, 0.1) is 5.92 Å². The topological polar surface area (TPSA) is 61.4 Å². The molecule has 162 valence electrons. The summed E-state index contributed by atoms with van der Waals surface area (Å²) in [6.07, 6.45) is 0.847. The van der Waals surface area contributed by atoms with Crippen molar-refractivity contribution in [3.8, 4) is 5.75 Å². The summed E-state index contributed by atoms with van der Waals surface area (Å²) in [5, 5.41) is 9.87. The summed E-state index contributed by atoms with van der Waals surface area (Å²) in [6, 6.07) is 14.0. The fraction of sp³-hybridized carbons (Fsp3) is 0.318. The Kier molecular flexibility index (Phi) is 6.22. The second-order valence-corrected chi connectivity index (χ2v) is 8.53. The number of fused-ring (bicyclic) bond motifs is 3. The molecule has 0 spiro atoms. The van der Waals surface area contributed by atoms with Gasteiger partial charge in [0.25, 0.3) is 5.56 Å². The second kappa shape index (κ2) is 9.05. The molecule has 0 aliphatic heterocycles. The number of halogens is 2. The Labute approximate surface area is 181 Å². The monoisotopic (exact) mass is 444 g/mol. The molecule has 0 amide bonds. The fourth-order valence-corrected chi connectivity index (χ4v) is 4.26. The average molecular weight is 445 g/mol. The van der Waals surface area contributed by atoms with Crippen LogP contribution < -0.4 is 10.3 Å². The van der Waals surface area contributed by atoms with Crippen molar-refractivity contribution in [1.29, 1.82) is 0 Å². The minimum atomic E-state index is -2.86. The van der Waals surface area contributed by atoms with Crippen LogP contribution in [0.5, 0.6) is 5.75 Å². The first kappa shape index (κ1) is 21.3. The molecule has 0 fully saturated rings. The molecule has 2 heterocycles. The van der Waals surface area contributed by atoms with Crippen LogP contribution in [0.3, 0.4) is 0 Å². The van der Waals surface area contributed by atoms with Crippen molar-refractivity contribution in [2.24, 2.45) is 5.92 Å². The average Bonchev–Trinajstić information content (AvgIpc) is 3.16. The van der Waals surface area contributed by atoms with E-state index in [0.29, 0.717) is 34.5 Å². The summed E-state index contributed by atoms with van der Waals surface area (Å²) in [5.41, 5.74) is 1.48. The zero-order valence-corrected chi connectivity index (χ0v) is 18.0. The van der Waals surface area contributed by atoms with Crippen molar-refractivity contribution < 1.29 is 13.5 Å². The van der Waals surface area contributed by atoms with Gasteiger partial charge in [0.05, 0.1) is 10.9 Å². The van der Waals surface area contributed by atoms with Crippen LogP contribution in [0.25, 0.3) is 16.7 Å². The van der Waals surface area contributed by atoms with E-state index >= 15 is 0 Å². The van der Waals surface area contributed by atoms with Crippen LogP contribution in [0.1, 0.15) is 25.8 Å². The van der Waals surface area contributed by atoms with E-state index in [1.165, 1.54) is 17.8 Å². The van der Waals surface area contributed by atoms with Gasteiger partial charge in [0.1, 0.15) is 5.75 Å². The lowest BCUT2D eigenvalue weighted by molar-refractivity contribution is -0.0498. The first-order chi connectivity index (χ1) is 14.9. The van der Waals surface area contributed by atoms with Gasteiger partial charge in [-0.1, -0.05) is 49.9 Å². The van der Waals surface area contributed by atoms with E-state index in [0.717, 1.165) is 17.5 Å². The molecule has 6 nitrogen and oxygen atoms in total. The van der Waals surface area contributed by atoms with Crippen LogP contribution in [-0.4, -0.2) is 25.8 Å². The summed E-state index contributed by atoms with van der Waals surface area (Å²) in [6.45, 7) is 1.92. The maximum absolute atomic E-state index is 13.1. The van der Waals surface area contributed by atoms with E-state index in [9.17, 15) is 13.6 Å². The van der Waals surface area contributed by atoms with Crippen LogP contribution in [0.4, 0.5) is 8.78 Å². The van der Waals surface area contributed by atoms with Gasteiger partial charge in [-0.3, -0.25) is 13.8 Å². The molecule has 0 aliphatic rings. The smallest absolute Gasteiger partial charge is 0.387 e. The van der Waals surface area contributed by atoms with E-state index in [1.807, 2.05) is 34.7 Å². The standard InChI is InChI=1S/C22H22F2N4O2S/c1-14(2)10-11-27-19(29)17-8-3-4-9-18(17)28-21(27)25-26-22(28)31-13-15-6-5-7-16(12-15)30-20(23)24/h3-9,12,14,20H,10-11,13H2,1-2H3. The number of nitrogens with zero attached hydrogens (tertiary/aromatic N) is 4. The molecular formula is C22H22F2N4O2S. The van der Waals surface area contributed by atoms with Crippen molar-refractivity contribution in [2.45, 2.75) is 44.3 Å². The van der Waals surface area contributed by atoms with Gasteiger partial charge < -0.3 is 4.74 Å². The third-order valence-corrected chi connectivity index (χ3v) is 5.90. The van der Waals surface area contributed by atoms with Crippen molar-refractivity contribution in [2.75, 3.05) is 0 Å². The van der Waals surface area contributed by atoms with Crippen LogP contribution >= 0.6 is 11.8 Å². The molecule has 4 aromatic rings. The Morgan fingerprint density at radius 3 is 2.68 bits per heavy atom. The van der Waals surface area contributed by atoms with Crippen molar-refractivity contribution in [3.63, 3.8) is 0 Å². The molecule has 4 rings (SSSR count). The number of alkyl halides is 2. The quantitative estimate of drug-likeness (QED) is 0.359. The normalized spacial score (nSPS) is 11.8. The summed E-state index contributed by atoms with van der Waals surface area (Å²) in [5.74, 6) is 1.55. The van der Waals surface area contributed by atoms with Crippen molar-refractivity contribution >= 4 is 28.4 Å². The number of thioether (sulfide) groups is 1. The molecule has 2 aromatic heterocycles. The maximum Gasteiger partial charge on any atom is 0.387 e. The molecule has 0 N–H and O–H groups in total. The Balaban J connectivity index is 1.72. The number of aromatic nitrogens is 4. The van der Waals surface area contributed by atoms with E-state index < -0.39 is 6.61 Å². The third kappa shape index (κ3) is 4.56. The molecule has 0 aliphatic carbocycles. The highest BCUT2D eigenvalue weighted by atomic mass is 32.2. The predicted octanol–water partition coefficient (Wildman–Crippen LogP) is 4.98. The summed E-state index contributed by atoms with van der Waals surface area (Å²) in [4.78, 5) is 13.1. The lowest BCUT2D eigenvalue weighted by Gasteiger charge is -2.12. The molecule has 9 heteroatoms. The highest BCUT2D eigenvalue weighted by molar-refractivity contribution is 7.98. The Hall–Kier alpha value is -2.94. The van der Waals surface area contributed by atoms with E-state index in [4.69, 9.17) is 0 Å². The molecular weight excluding hydrogens is 422 g/mol. The van der Waals surface area contributed by atoms with Gasteiger partial charge in [0, 0.05) is 12.3 Å². The first-order valence-electron chi connectivity index (χ1n) is 9.97.